The third kappa shape index (κ3) is 4.59. The highest BCUT2D eigenvalue weighted by molar-refractivity contribution is 5.66. The molecule has 0 bridgehead atoms. The van der Waals surface area contributed by atoms with Gasteiger partial charge < -0.3 is 15.7 Å². The molecule has 3 N–H and O–H groups in total. The number of rotatable bonds is 7. The first-order valence-electron chi connectivity index (χ1n) is 5.24. The third-order valence-electron chi connectivity index (χ3n) is 1.90. The summed E-state index contributed by atoms with van der Waals surface area (Å²) >= 11 is 0. The zero-order valence-corrected chi connectivity index (χ0v) is 9.23. The molecule has 0 saturated heterocycles. The lowest BCUT2D eigenvalue weighted by atomic mass is 10.3. The number of carboxylic acids is 1. The van der Waals surface area contributed by atoms with Gasteiger partial charge in [0.15, 0.2) is 0 Å². The molecule has 0 radical (unpaired) electrons. The van der Waals surface area contributed by atoms with E-state index in [0.717, 1.165) is 12.4 Å². The first kappa shape index (κ1) is 12.2. The van der Waals surface area contributed by atoms with E-state index in [1.807, 2.05) is 6.92 Å². The average molecular weight is 224 g/mol. The molecule has 0 aromatic carbocycles. The first-order chi connectivity index (χ1) is 7.72. The van der Waals surface area contributed by atoms with Crippen LogP contribution in [-0.4, -0.2) is 34.1 Å². The second-order valence-electron chi connectivity index (χ2n) is 3.24. The topological polar surface area (TPSA) is 87.1 Å². The molecule has 0 fully saturated rings. The summed E-state index contributed by atoms with van der Waals surface area (Å²) in [5.41, 5.74) is 0. The van der Waals surface area contributed by atoms with Gasteiger partial charge in [0, 0.05) is 25.6 Å². The van der Waals surface area contributed by atoms with Crippen molar-refractivity contribution in [3.05, 3.63) is 12.4 Å². The molecule has 0 saturated carbocycles. The highest BCUT2D eigenvalue weighted by Crippen LogP contribution is 2.08. The van der Waals surface area contributed by atoms with Gasteiger partial charge in [-0.3, -0.25) is 4.79 Å². The van der Waals surface area contributed by atoms with Crippen LogP contribution < -0.4 is 10.6 Å². The second kappa shape index (κ2) is 6.60. The normalized spacial score (nSPS) is 9.81. The van der Waals surface area contributed by atoms with Crippen LogP contribution in [0, 0.1) is 0 Å². The molecular weight excluding hydrogens is 208 g/mol. The lowest BCUT2D eigenvalue weighted by molar-refractivity contribution is -0.137. The Hall–Kier alpha value is -1.85. The largest absolute Gasteiger partial charge is 0.481 e. The smallest absolute Gasteiger partial charge is 0.303 e. The summed E-state index contributed by atoms with van der Waals surface area (Å²) in [6.45, 7) is 3.38. The maximum absolute atomic E-state index is 10.3. The van der Waals surface area contributed by atoms with Crippen LogP contribution in [0.5, 0.6) is 0 Å². The van der Waals surface area contributed by atoms with Crippen molar-refractivity contribution in [3.63, 3.8) is 0 Å². The molecule has 88 valence electrons. The monoisotopic (exact) mass is 224 g/mol. The van der Waals surface area contributed by atoms with Crippen molar-refractivity contribution in [1.29, 1.82) is 0 Å². The quantitative estimate of drug-likeness (QED) is 0.603. The van der Waals surface area contributed by atoms with Crippen molar-refractivity contribution in [3.8, 4) is 0 Å². The molecule has 0 aliphatic carbocycles. The van der Waals surface area contributed by atoms with Crippen LogP contribution in [0.4, 0.5) is 11.6 Å². The van der Waals surface area contributed by atoms with Crippen LogP contribution in [0.15, 0.2) is 12.4 Å². The Bertz CT molecular complexity index is 343. The molecule has 6 nitrogen and oxygen atoms in total. The Morgan fingerprint density at radius 2 is 2.06 bits per heavy atom. The van der Waals surface area contributed by atoms with E-state index in [0.29, 0.717) is 18.8 Å². The van der Waals surface area contributed by atoms with E-state index in [2.05, 4.69) is 20.6 Å². The average Bonchev–Trinajstić information content (AvgIpc) is 2.25. The SMILES string of the molecule is CCNc1cc(NCCCC(=O)O)ncn1. The van der Waals surface area contributed by atoms with E-state index in [9.17, 15) is 4.79 Å². The van der Waals surface area contributed by atoms with Gasteiger partial charge in [-0.25, -0.2) is 9.97 Å². The van der Waals surface area contributed by atoms with Gasteiger partial charge in [-0.15, -0.1) is 0 Å². The number of aliphatic carboxylic acids is 1. The summed E-state index contributed by atoms with van der Waals surface area (Å²) in [7, 11) is 0. The van der Waals surface area contributed by atoms with Crippen molar-refractivity contribution in [2.45, 2.75) is 19.8 Å². The number of carboxylic acid groups (broad SMARTS) is 1. The van der Waals surface area contributed by atoms with Crippen LogP contribution in [0.3, 0.4) is 0 Å². The summed E-state index contributed by atoms with van der Waals surface area (Å²) < 4.78 is 0. The maximum Gasteiger partial charge on any atom is 0.303 e. The fourth-order valence-corrected chi connectivity index (χ4v) is 1.19. The lowest BCUT2D eigenvalue weighted by Crippen LogP contribution is -2.07. The van der Waals surface area contributed by atoms with Crippen molar-refractivity contribution in [1.82, 2.24) is 9.97 Å². The summed E-state index contributed by atoms with van der Waals surface area (Å²) in [5, 5.41) is 14.6. The van der Waals surface area contributed by atoms with Crippen LogP contribution >= 0.6 is 0 Å². The highest BCUT2D eigenvalue weighted by Gasteiger charge is 1.99. The minimum atomic E-state index is -0.780. The predicted octanol–water partition coefficient (Wildman–Crippen LogP) is 1.19. The van der Waals surface area contributed by atoms with E-state index >= 15 is 0 Å². The molecule has 1 aromatic heterocycles. The number of hydrogen-bond donors (Lipinski definition) is 3. The lowest BCUT2D eigenvalue weighted by Gasteiger charge is -2.06. The van der Waals surface area contributed by atoms with Gasteiger partial charge in [0.25, 0.3) is 0 Å². The Morgan fingerprint density at radius 3 is 2.69 bits per heavy atom. The van der Waals surface area contributed by atoms with E-state index in [4.69, 9.17) is 5.11 Å². The van der Waals surface area contributed by atoms with Gasteiger partial charge >= 0.3 is 5.97 Å². The third-order valence-corrected chi connectivity index (χ3v) is 1.90. The summed E-state index contributed by atoms with van der Waals surface area (Å²) in [6.07, 6.45) is 2.21. The number of nitrogens with zero attached hydrogens (tertiary/aromatic N) is 2. The fraction of sp³-hybridized carbons (Fsp3) is 0.500. The van der Waals surface area contributed by atoms with Crippen LogP contribution in [0.25, 0.3) is 0 Å². The molecule has 0 amide bonds. The van der Waals surface area contributed by atoms with E-state index < -0.39 is 5.97 Å². The second-order valence-corrected chi connectivity index (χ2v) is 3.24. The standard InChI is InChI=1S/C10H16N4O2/c1-2-11-8-6-9(14-7-13-8)12-5-3-4-10(15)16/h6-7H,2-5H2,1H3,(H,15,16)(H2,11,12,13,14). The fourth-order valence-electron chi connectivity index (χ4n) is 1.19. The molecule has 1 aromatic rings. The summed E-state index contributed by atoms with van der Waals surface area (Å²) in [5.74, 6) is 0.687. The minimum Gasteiger partial charge on any atom is -0.481 e. The van der Waals surface area contributed by atoms with Gasteiger partial charge in [-0.1, -0.05) is 0 Å². The van der Waals surface area contributed by atoms with E-state index in [-0.39, 0.29) is 6.42 Å². The summed E-state index contributed by atoms with van der Waals surface area (Å²) in [4.78, 5) is 18.3. The molecule has 0 aliphatic rings. The first-order valence-corrected chi connectivity index (χ1v) is 5.24. The molecular formula is C10H16N4O2. The molecule has 0 aliphatic heterocycles. The zero-order valence-electron chi connectivity index (χ0n) is 9.23. The predicted molar refractivity (Wildman–Crippen MR) is 61.6 cm³/mol. The van der Waals surface area contributed by atoms with Gasteiger partial charge in [0.05, 0.1) is 0 Å². The number of nitrogens with one attached hydrogen (secondary N) is 2. The van der Waals surface area contributed by atoms with Crippen molar-refractivity contribution < 1.29 is 9.90 Å². The van der Waals surface area contributed by atoms with Crippen molar-refractivity contribution in [2.24, 2.45) is 0 Å². The molecule has 16 heavy (non-hydrogen) atoms. The summed E-state index contributed by atoms with van der Waals surface area (Å²) in [6, 6.07) is 1.80. The molecule has 0 atom stereocenters. The number of anilines is 2. The van der Waals surface area contributed by atoms with Crippen LogP contribution in [0.1, 0.15) is 19.8 Å². The highest BCUT2D eigenvalue weighted by atomic mass is 16.4. The number of hydrogen-bond acceptors (Lipinski definition) is 5. The minimum absolute atomic E-state index is 0.165. The van der Waals surface area contributed by atoms with Crippen molar-refractivity contribution in [2.75, 3.05) is 23.7 Å². The van der Waals surface area contributed by atoms with Crippen LogP contribution in [-0.2, 0) is 4.79 Å². The molecule has 0 unspecified atom stereocenters. The zero-order chi connectivity index (χ0) is 11.8. The Labute approximate surface area is 94.1 Å². The van der Waals surface area contributed by atoms with Crippen molar-refractivity contribution >= 4 is 17.6 Å². The molecule has 1 rings (SSSR count). The van der Waals surface area contributed by atoms with Gasteiger partial charge in [-0.05, 0) is 13.3 Å². The number of aromatic nitrogens is 2. The van der Waals surface area contributed by atoms with E-state index in [1.165, 1.54) is 6.33 Å². The van der Waals surface area contributed by atoms with E-state index in [1.54, 1.807) is 6.07 Å². The van der Waals surface area contributed by atoms with Gasteiger partial charge in [-0.2, -0.15) is 0 Å². The van der Waals surface area contributed by atoms with Gasteiger partial charge in [0.2, 0.25) is 0 Å². The Morgan fingerprint density at radius 1 is 1.38 bits per heavy atom. The Balaban J connectivity index is 2.35. The van der Waals surface area contributed by atoms with Crippen LogP contribution in [0.2, 0.25) is 0 Å². The number of carbonyl (C=O) groups is 1. The maximum atomic E-state index is 10.3. The van der Waals surface area contributed by atoms with Gasteiger partial charge in [0.1, 0.15) is 18.0 Å². The molecule has 0 spiro atoms. The molecule has 6 heteroatoms. The Kier molecular flexibility index (Phi) is 5.04. The molecule has 1 heterocycles.